The maximum Gasteiger partial charge on any atom is 0.264 e. The molecular weight excluding hydrogens is 360 g/mol. The molecule has 136 valence electrons. The second-order valence-electron chi connectivity index (χ2n) is 6.04. The van der Waals surface area contributed by atoms with E-state index in [2.05, 4.69) is 10.3 Å². The van der Waals surface area contributed by atoms with Crippen molar-refractivity contribution in [2.75, 3.05) is 6.79 Å². The Kier molecular flexibility index (Phi) is 5.25. The predicted octanol–water partition coefficient (Wildman–Crippen LogP) is 3.75. The van der Waals surface area contributed by atoms with Crippen molar-refractivity contribution in [2.45, 2.75) is 13.0 Å². The van der Waals surface area contributed by atoms with Gasteiger partial charge in [0.2, 0.25) is 6.79 Å². The Morgan fingerprint density at radius 3 is 2.41 bits per heavy atom. The van der Waals surface area contributed by atoms with Gasteiger partial charge in [-0.25, -0.2) is 0 Å². The molecule has 0 aliphatic carbocycles. The molecule has 2 aromatic carbocycles. The van der Waals surface area contributed by atoms with Crippen LogP contribution < -0.4 is 5.32 Å². The highest BCUT2D eigenvalue weighted by atomic mass is 32.2. The Morgan fingerprint density at radius 2 is 1.74 bits per heavy atom. The average Bonchev–Trinajstić information content (AvgIpc) is 3.36. The van der Waals surface area contributed by atoms with Crippen molar-refractivity contribution in [3.05, 3.63) is 94.3 Å². The summed E-state index contributed by atoms with van der Waals surface area (Å²) in [5.74, 6) is 0.440. The molecule has 1 saturated heterocycles. The lowest BCUT2D eigenvalue weighted by atomic mass is 10.0. The molecule has 2 aromatic rings. The lowest BCUT2D eigenvalue weighted by Crippen LogP contribution is -2.20. The van der Waals surface area contributed by atoms with Gasteiger partial charge in [0.25, 0.3) is 5.91 Å². The molecule has 0 aromatic heterocycles. The van der Waals surface area contributed by atoms with Gasteiger partial charge in [0.15, 0.2) is 10.9 Å². The Balaban J connectivity index is 1.60. The van der Waals surface area contributed by atoms with Crippen LogP contribution in [0.15, 0.2) is 88.2 Å². The van der Waals surface area contributed by atoms with Crippen LogP contribution in [0.3, 0.4) is 0 Å². The molecular formula is C21H18N2O3S. The minimum Gasteiger partial charge on any atom is -0.461 e. The van der Waals surface area contributed by atoms with Crippen LogP contribution in [0.25, 0.3) is 0 Å². The Hall–Kier alpha value is -2.99. The van der Waals surface area contributed by atoms with Crippen LogP contribution in [0.4, 0.5) is 0 Å². The van der Waals surface area contributed by atoms with E-state index < -0.39 is 0 Å². The first kappa shape index (κ1) is 17.4. The minimum atomic E-state index is -0.158. The average molecular weight is 378 g/mol. The third kappa shape index (κ3) is 4.23. The standard InChI is InChI=1S/C21H18N2O3S/c24-20-19(27-21(23-20)22-12-16-9-5-2-6-10-16)17(18-13-25-14-26-18)11-15-7-3-1-4-8-15/h1-10,13H,11-12,14H2,(H,22,23,24). The Morgan fingerprint density at radius 1 is 1.04 bits per heavy atom. The van der Waals surface area contributed by atoms with Gasteiger partial charge in [-0.05, 0) is 22.9 Å². The summed E-state index contributed by atoms with van der Waals surface area (Å²) in [7, 11) is 0. The molecule has 0 atom stereocenters. The molecule has 5 nitrogen and oxygen atoms in total. The second kappa shape index (κ2) is 8.14. The van der Waals surface area contributed by atoms with Crippen molar-refractivity contribution in [3.63, 3.8) is 0 Å². The molecule has 0 unspecified atom stereocenters. The first-order chi connectivity index (χ1) is 13.3. The van der Waals surface area contributed by atoms with Crippen LogP contribution >= 0.6 is 11.8 Å². The fourth-order valence-electron chi connectivity index (χ4n) is 2.82. The van der Waals surface area contributed by atoms with Gasteiger partial charge in [-0.2, -0.15) is 0 Å². The minimum absolute atomic E-state index is 0.158. The van der Waals surface area contributed by atoms with Gasteiger partial charge < -0.3 is 14.8 Å². The third-order valence-electron chi connectivity index (χ3n) is 4.14. The summed E-state index contributed by atoms with van der Waals surface area (Å²) < 4.78 is 10.8. The summed E-state index contributed by atoms with van der Waals surface area (Å²) in [5.41, 5.74) is 3.00. The lowest BCUT2D eigenvalue weighted by molar-refractivity contribution is -0.115. The number of amidine groups is 1. The van der Waals surface area contributed by atoms with Gasteiger partial charge >= 0.3 is 0 Å². The molecule has 1 fully saturated rings. The van der Waals surface area contributed by atoms with Gasteiger partial charge in [0, 0.05) is 12.0 Å². The largest absolute Gasteiger partial charge is 0.461 e. The van der Waals surface area contributed by atoms with E-state index in [0.717, 1.165) is 16.7 Å². The number of carbonyl (C=O) groups is 1. The zero-order valence-corrected chi connectivity index (χ0v) is 15.4. The number of thioether (sulfide) groups is 1. The van der Waals surface area contributed by atoms with Crippen LogP contribution in [0.1, 0.15) is 11.1 Å². The van der Waals surface area contributed by atoms with Gasteiger partial charge in [0.1, 0.15) is 6.26 Å². The molecule has 2 aliphatic heterocycles. The van der Waals surface area contributed by atoms with Crippen LogP contribution in [0, 0.1) is 0 Å². The smallest absolute Gasteiger partial charge is 0.264 e. The van der Waals surface area contributed by atoms with Gasteiger partial charge in [0.05, 0.1) is 11.4 Å². The predicted molar refractivity (Wildman–Crippen MR) is 106 cm³/mol. The summed E-state index contributed by atoms with van der Waals surface area (Å²) in [6, 6.07) is 19.9. The van der Waals surface area contributed by atoms with E-state index in [0.29, 0.717) is 28.8 Å². The van der Waals surface area contributed by atoms with Crippen LogP contribution in [-0.4, -0.2) is 17.9 Å². The second-order valence-corrected chi connectivity index (χ2v) is 7.04. The molecule has 2 aliphatic rings. The Labute approximate surface area is 161 Å². The fourth-order valence-corrected chi connectivity index (χ4v) is 3.72. The number of rotatable bonds is 5. The van der Waals surface area contributed by atoms with Gasteiger partial charge in [-0.3, -0.25) is 9.79 Å². The van der Waals surface area contributed by atoms with Crippen molar-refractivity contribution in [3.8, 4) is 0 Å². The zero-order valence-electron chi connectivity index (χ0n) is 14.6. The normalized spacial score (nSPS) is 19.3. The molecule has 0 spiro atoms. The third-order valence-corrected chi connectivity index (χ3v) is 5.20. The van der Waals surface area contributed by atoms with E-state index in [4.69, 9.17) is 9.47 Å². The number of hydrogen-bond acceptors (Lipinski definition) is 5. The molecule has 0 radical (unpaired) electrons. The number of aliphatic imine (C=N–C) groups is 1. The van der Waals surface area contributed by atoms with E-state index in [1.165, 1.54) is 11.8 Å². The monoisotopic (exact) mass is 378 g/mol. The van der Waals surface area contributed by atoms with E-state index in [-0.39, 0.29) is 12.7 Å². The number of allylic oxidation sites excluding steroid dienone is 1. The quantitative estimate of drug-likeness (QED) is 0.805. The van der Waals surface area contributed by atoms with E-state index in [9.17, 15) is 4.79 Å². The van der Waals surface area contributed by atoms with Crippen LogP contribution in [0.2, 0.25) is 0 Å². The number of amides is 1. The number of ether oxygens (including phenoxy) is 2. The number of nitrogens with one attached hydrogen (secondary N) is 1. The molecule has 0 bridgehead atoms. The molecule has 1 N–H and O–H groups in total. The highest BCUT2D eigenvalue weighted by molar-refractivity contribution is 8.18. The molecule has 2 heterocycles. The Bertz CT molecular complexity index is 921. The summed E-state index contributed by atoms with van der Waals surface area (Å²) in [4.78, 5) is 17.7. The molecule has 27 heavy (non-hydrogen) atoms. The molecule has 0 saturated carbocycles. The number of nitrogens with zero attached hydrogens (tertiary/aromatic N) is 1. The van der Waals surface area contributed by atoms with Gasteiger partial charge in [-0.1, -0.05) is 60.7 Å². The first-order valence-corrected chi connectivity index (χ1v) is 9.41. The number of benzene rings is 2. The maximum absolute atomic E-state index is 12.6. The van der Waals surface area contributed by atoms with Crippen molar-refractivity contribution in [1.29, 1.82) is 0 Å². The summed E-state index contributed by atoms with van der Waals surface area (Å²) in [5, 5.41) is 3.46. The number of carbonyl (C=O) groups excluding carboxylic acids is 1. The highest BCUT2D eigenvalue weighted by Gasteiger charge is 2.30. The SMILES string of the molecule is O=C1NC(=NCc2ccccc2)SC1=C(Cc1ccccc1)C1=COCO1. The lowest BCUT2D eigenvalue weighted by Gasteiger charge is -2.09. The topological polar surface area (TPSA) is 59.9 Å². The van der Waals surface area contributed by atoms with Crippen LogP contribution in [-0.2, 0) is 27.2 Å². The van der Waals surface area contributed by atoms with E-state index in [1.54, 1.807) is 6.26 Å². The summed E-state index contributed by atoms with van der Waals surface area (Å²) in [6.45, 7) is 0.690. The first-order valence-electron chi connectivity index (χ1n) is 8.59. The van der Waals surface area contributed by atoms with Gasteiger partial charge in [-0.15, -0.1) is 0 Å². The van der Waals surface area contributed by atoms with Crippen molar-refractivity contribution < 1.29 is 14.3 Å². The van der Waals surface area contributed by atoms with Crippen molar-refractivity contribution in [2.24, 2.45) is 4.99 Å². The summed E-state index contributed by atoms with van der Waals surface area (Å²) >= 11 is 1.34. The zero-order chi connectivity index (χ0) is 18.5. The van der Waals surface area contributed by atoms with Crippen molar-refractivity contribution in [1.82, 2.24) is 5.32 Å². The number of hydrogen-bond donors (Lipinski definition) is 1. The summed E-state index contributed by atoms with van der Waals surface area (Å²) in [6.07, 6.45) is 2.15. The van der Waals surface area contributed by atoms with Crippen molar-refractivity contribution >= 4 is 22.8 Å². The molecule has 6 heteroatoms. The highest BCUT2D eigenvalue weighted by Crippen LogP contribution is 2.34. The molecule has 1 amide bonds. The van der Waals surface area contributed by atoms with E-state index in [1.807, 2.05) is 60.7 Å². The maximum atomic E-state index is 12.6. The fraction of sp³-hybridized carbons (Fsp3) is 0.143. The van der Waals surface area contributed by atoms with Crippen LogP contribution in [0.5, 0.6) is 0 Å². The molecule has 4 rings (SSSR count). The van der Waals surface area contributed by atoms with E-state index >= 15 is 0 Å².